The van der Waals surface area contributed by atoms with Gasteiger partial charge in [-0.1, -0.05) is 38.1 Å². The molecule has 0 aromatic heterocycles. The van der Waals surface area contributed by atoms with Crippen molar-refractivity contribution in [3.05, 3.63) is 35.4 Å². The Morgan fingerprint density at radius 1 is 1.29 bits per heavy atom. The number of carboxylic acids is 1. The lowest BCUT2D eigenvalue weighted by molar-refractivity contribution is -0.939. The Morgan fingerprint density at radius 3 is 2.24 bits per heavy atom. The van der Waals surface area contributed by atoms with Gasteiger partial charge in [0.2, 0.25) is 0 Å². The molecule has 1 aromatic rings. The number of rotatable bonds is 4. The number of nitrogens with one attached hydrogen (secondary N) is 1. The number of carbonyl (C=O) groups is 1. The monoisotopic (exact) mass is 233 g/mol. The molecule has 3 heteroatoms. The van der Waals surface area contributed by atoms with Gasteiger partial charge in [0.1, 0.15) is 19.1 Å². The van der Waals surface area contributed by atoms with E-state index in [9.17, 15) is 9.90 Å². The third-order valence-electron chi connectivity index (χ3n) is 3.44. The summed E-state index contributed by atoms with van der Waals surface area (Å²) in [5, 5.41) is 11.2. The summed E-state index contributed by atoms with van der Waals surface area (Å²) < 4.78 is 0. The van der Waals surface area contributed by atoms with Gasteiger partial charge >= 0.3 is 0 Å². The maximum Gasteiger partial charge on any atom is 0.128 e. The highest BCUT2D eigenvalue weighted by Gasteiger charge is 2.30. The van der Waals surface area contributed by atoms with Crippen molar-refractivity contribution in [2.45, 2.75) is 39.4 Å². The summed E-state index contributed by atoms with van der Waals surface area (Å²) in [4.78, 5) is 12.4. The average molecular weight is 233 g/mol. The van der Waals surface area contributed by atoms with Crippen molar-refractivity contribution in [3.63, 3.8) is 0 Å². The van der Waals surface area contributed by atoms with Crippen LogP contribution in [0.25, 0.3) is 0 Å². The minimum atomic E-state index is -0.915. The zero-order valence-corrected chi connectivity index (χ0v) is 10.4. The lowest BCUT2D eigenvalue weighted by Gasteiger charge is -2.26. The van der Waals surface area contributed by atoms with Crippen LogP contribution in [0, 0.1) is 5.92 Å². The molecule has 0 unspecified atom stereocenters. The largest absolute Gasteiger partial charge is 0.544 e. The number of carbonyl (C=O) groups excluding carboxylic acids is 1. The minimum absolute atomic E-state index is 0.383. The third-order valence-corrected chi connectivity index (χ3v) is 3.44. The standard InChI is InChI=1S/C14H19NO2/c1-10(2)7-13(14(16)17)15-8-11-5-3-4-6-12(11)9-15/h3-6,10,13H,7-9H2,1-2H3,(H,16,17)/t13-/m1/s1. The fourth-order valence-corrected chi connectivity index (χ4v) is 2.60. The number of benzene rings is 1. The van der Waals surface area contributed by atoms with Gasteiger partial charge in [0, 0.05) is 17.5 Å². The summed E-state index contributed by atoms with van der Waals surface area (Å²) in [6.07, 6.45) is 0.686. The van der Waals surface area contributed by atoms with Crippen molar-refractivity contribution in [2.75, 3.05) is 0 Å². The zero-order valence-electron chi connectivity index (χ0n) is 10.4. The van der Waals surface area contributed by atoms with Crippen molar-refractivity contribution in [1.82, 2.24) is 0 Å². The second kappa shape index (κ2) is 4.88. The van der Waals surface area contributed by atoms with Crippen LogP contribution in [0.15, 0.2) is 24.3 Å². The van der Waals surface area contributed by atoms with Gasteiger partial charge in [0.15, 0.2) is 0 Å². The maximum atomic E-state index is 11.2. The molecule has 0 amide bonds. The van der Waals surface area contributed by atoms with Crippen LogP contribution in [-0.4, -0.2) is 12.0 Å². The molecule has 0 fully saturated rings. The van der Waals surface area contributed by atoms with Crippen LogP contribution in [0.4, 0.5) is 0 Å². The van der Waals surface area contributed by atoms with E-state index in [1.54, 1.807) is 0 Å². The van der Waals surface area contributed by atoms with E-state index in [1.165, 1.54) is 11.1 Å². The van der Waals surface area contributed by atoms with Crippen molar-refractivity contribution >= 4 is 5.97 Å². The Morgan fingerprint density at radius 2 is 1.82 bits per heavy atom. The van der Waals surface area contributed by atoms with E-state index in [0.29, 0.717) is 12.3 Å². The van der Waals surface area contributed by atoms with Crippen molar-refractivity contribution in [1.29, 1.82) is 0 Å². The summed E-state index contributed by atoms with van der Waals surface area (Å²) in [6.45, 7) is 5.72. The molecule has 17 heavy (non-hydrogen) atoms. The number of quaternary nitrogens is 1. The Hall–Kier alpha value is -1.35. The SMILES string of the molecule is CC(C)C[C@H](C(=O)[O-])[NH+]1Cc2ccccc2C1. The van der Waals surface area contributed by atoms with Crippen LogP contribution in [-0.2, 0) is 17.9 Å². The summed E-state index contributed by atoms with van der Waals surface area (Å²) >= 11 is 0. The van der Waals surface area contributed by atoms with Gasteiger partial charge in [-0.2, -0.15) is 0 Å². The van der Waals surface area contributed by atoms with Gasteiger partial charge in [-0.05, 0) is 5.92 Å². The smallest absolute Gasteiger partial charge is 0.128 e. The molecule has 0 spiro atoms. The van der Waals surface area contributed by atoms with Crippen LogP contribution in [0.2, 0.25) is 0 Å². The number of carboxylic acid groups (broad SMARTS) is 1. The normalized spacial score (nSPS) is 17.1. The van der Waals surface area contributed by atoms with Crippen LogP contribution >= 0.6 is 0 Å². The first kappa shape index (κ1) is 12.1. The quantitative estimate of drug-likeness (QED) is 0.779. The second-order valence-electron chi connectivity index (χ2n) is 5.28. The maximum absolute atomic E-state index is 11.2. The Bertz CT molecular complexity index is 389. The predicted octanol–water partition coefficient (Wildman–Crippen LogP) is -0.250. The number of hydrogen-bond acceptors (Lipinski definition) is 2. The molecule has 0 saturated heterocycles. The van der Waals surface area contributed by atoms with Crippen LogP contribution in [0.5, 0.6) is 0 Å². The Balaban J connectivity index is 2.11. The number of aliphatic carboxylic acids is 1. The van der Waals surface area contributed by atoms with Gasteiger partial charge in [-0.3, -0.25) is 0 Å². The molecular weight excluding hydrogens is 214 g/mol. The van der Waals surface area contributed by atoms with E-state index < -0.39 is 5.97 Å². The Kier molecular flexibility index (Phi) is 3.48. The molecule has 3 nitrogen and oxygen atoms in total. The fraction of sp³-hybridized carbons (Fsp3) is 0.500. The molecule has 1 aliphatic rings. The second-order valence-corrected chi connectivity index (χ2v) is 5.28. The first-order valence-electron chi connectivity index (χ1n) is 6.20. The first-order chi connectivity index (χ1) is 8.08. The lowest BCUT2D eigenvalue weighted by Crippen LogP contribution is -3.13. The highest BCUT2D eigenvalue weighted by atomic mass is 16.4. The van der Waals surface area contributed by atoms with Gasteiger partial charge in [0.25, 0.3) is 0 Å². The van der Waals surface area contributed by atoms with Crippen molar-refractivity contribution < 1.29 is 14.8 Å². The fourth-order valence-electron chi connectivity index (χ4n) is 2.60. The van der Waals surface area contributed by atoms with Crippen LogP contribution in [0.1, 0.15) is 31.4 Å². The van der Waals surface area contributed by atoms with Crippen molar-refractivity contribution in [3.8, 4) is 0 Å². The Labute approximate surface area is 102 Å². The number of fused-ring (bicyclic) bond motifs is 1. The molecule has 1 N–H and O–H groups in total. The summed E-state index contributed by atoms with van der Waals surface area (Å²) in [5.41, 5.74) is 2.55. The molecule has 2 rings (SSSR count). The van der Waals surface area contributed by atoms with E-state index >= 15 is 0 Å². The highest BCUT2D eigenvalue weighted by Crippen LogP contribution is 2.13. The van der Waals surface area contributed by atoms with Gasteiger partial charge < -0.3 is 14.8 Å². The molecule has 0 radical (unpaired) electrons. The molecule has 0 aliphatic carbocycles. The third kappa shape index (κ3) is 2.67. The summed E-state index contributed by atoms with van der Waals surface area (Å²) in [5.74, 6) is -0.532. The van der Waals surface area contributed by atoms with Gasteiger partial charge in [-0.15, -0.1) is 0 Å². The van der Waals surface area contributed by atoms with Gasteiger partial charge in [-0.25, -0.2) is 0 Å². The highest BCUT2D eigenvalue weighted by molar-refractivity contribution is 5.69. The average Bonchev–Trinajstić information content (AvgIpc) is 2.68. The molecule has 1 heterocycles. The van der Waals surface area contributed by atoms with E-state index in [0.717, 1.165) is 18.0 Å². The summed E-state index contributed by atoms with van der Waals surface area (Å²) in [7, 11) is 0. The molecule has 92 valence electrons. The molecule has 1 aromatic carbocycles. The van der Waals surface area contributed by atoms with Gasteiger partial charge in [0.05, 0.1) is 5.97 Å². The molecule has 1 aliphatic heterocycles. The molecule has 1 atom stereocenters. The van der Waals surface area contributed by atoms with Crippen LogP contribution in [0.3, 0.4) is 0 Å². The first-order valence-corrected chi connectivity index (χ1v) is 6.20. The number of hydrogen-bond donors (Lipinski definition) is 1. The van der Waals surface area contributed by atoms with E-state index in [1.807, 2.05) is 12.1 Å². The van der Waals surface area contributed by atoms with Crippen molar-refractivity contribution in [2.24, 2.45) is 5.92 Å². The summed E-state index contributed by atoms with van der Waals surface area (Å²) in [6, 6.07) is 7.81. The van der Waals surface area contributed by atoms with Crippen LogP contribution < -0.4 is 10.0 Å². The minimum Gasteiger partial charge on any atom is -0.544 e. The van der Waals surface area contributed by atoms with E-state index in [4.69, 9.17) is 0 Å². The molecular formula is C14H19NO2. The molecule has 0 bridgehead atoms. The van der Waals surface area contributed by atoms with E-state index in [2.05, 4.69) is 26.0 Å². The molecule has 0 saturated carbocycles. The predicted molar refractivity (Wildman–Crippen MR) is 63.1 cm³/mol. The topological polar surface area (TPSA) is 44.6 Å². The lowest BCUT2D eigenvalue weighted by atomic mass is 10.0. The van der Waals surface area contributed by atoms with E-state index in [-0.39, 0.29) is 6.04 Å². The zero-order chi connectivity index (χ0) is 12.4.